The van der Waals surface area contributed by atoms with E-state index in [0.29, 0.717) is 18.4 Å². The highest BCUT2D eigenvalue weighted by molar-refractivity contribution is 7.90. The smallest absolute Gasteiger partial charge is 0.422 e. The molecule has 0 bridgehead atoms. The molecule has 1 aliphatic rings. The van der Waals surface area contributed by atoms with E-state index in [9.17, 15) is 35.9 Å². The van der Waals surface area contributed by atoms with E-state index in [1.54, 1.807) is 18.2 Å². The Morgan fingerprint density at radius 2 is 1.70 bits per heavy atom. The van der Waals surface area contributed by atoms with Crippen LogP contribution < -0.4 is 5.32 Å². The Labute approximate surface area is 188 Å². The standard InChI is InChI=1S/C23H21F4NO4S/c24-19-10-8-18(9-11-19)22(23(25,26)27,13-12-16-6-7-16)28-20(21(29)30)15-33(31,32)14-17-4-2-1-3-5-17/h1-5,8-11,16,20,28H,6-7,14-15H2,(H,29,30)/t20-,22-/m0/s1. The molecule has 2 atom stereocenters. The third-order valence-electron chi connectivity index (χ3n) is 5.08. The van der Waals surface area contributed by atoms with Crippen molar-refractivity contribution in [2.24, 2.45) is 5.92 Å². The van der Waals surface area contributed by atoms with E-state index in [1.165, 1.54) is 12.1 Å². The van der Waals surface area contributed by atoms with Gasteiger partial charge in [0.15, 0.2) is 9.84 Å². The summed E-state index contributed by atoms with van der Waals surface area (Å²) in [6, 6.07) is 9.07. The molecule has 5 nitrogen and oxygen atoms in total. The maximum atomic E-state index is 14.4. The normalized spacial score (nSPS) is 16.8. The van der Waals surface area contributed by atoms with E-state index in [-0.39, 0.29) is 5.92 Å². The molecule has 1 fully saturated rings. The van der Waals surface area contributed by atoms with Gasteiger partial charge in [0.25, 0.3) is 0 Å². The molecular weight excluding hydrogens is 462 g/mol. The largest absolute Gasteiger partial charge is 0.480 e. The number of carboxylic acids is 1. The SMILES string of the molecule is O=C(O)[C@H](CS(=O)(=O)Cc1ccccc1)N[C@@](C#CC1CC1)(c1ccc(F)cc1)C(F)(F)F. The number of sulfone groups is 1. The summed E-state index contributed by atoms with van der Waals surface area (Å²) in [6.07, 6.45) is -3.92. The van der Waals surface area contributed by atoms with Crippen molar-refractivity contribution in [1.82, 2.24) is 5.32 Å². The third-order valence-corrected chi connectivity index (χ3v) is 6.70. The van der Waals surface area contributed by atoms with Crippen molar-refractivity contribution < 1.29 is 35.9 Å². The number of rotatable bonds is 8. The Morgan fingerprint density at radius 1 is 1.09 bits per heavy atom. The zero-order chi connectivity index (χ0) is 24.3. The summed E-state index contributed by atoms with van der Waals surface area (Å²) in [7, 11) is -4.12. The zero-order valence-electron chi connectivity index (χ0n) is 17.3. The van der Waals surface area contributed by atoms with Crippen molar-refractivity contribution in [3.63, 3.8) is 0 Å². The fraction of sp³-hybridized carbons (Fsp3) is 0.348. The number of carboxylic acid groups (broad SMARTS) is 1. The van der Waals surface area contributed by atoms with Gasteiger partial charge in [-0.3, -0.25) is 10.1 Å². The highest BCUT2D eigenvalue weighted by Crippen LogP contribution is 2.40. The summed E-state index contributed by atoms with van der Waals surface area (Å²) in [5, 5.41) is 11.6. The first kappa shape index (κ1) is 24.7. The van der Waals surface area contributed by atoms with E-state index in [4.69, 9.17) is 0 Å². The first-order chi connectivity index (χ1) is 15.4. The molecule has 3 rings (SSSR count). The minimum absolute atomic E-state index is 0.265. The van der Waals surface area contributed by atoms with Gasteiger partial charge in [0.2, 0.25) is 5.54 Å². The van der Waals surface area contributed by atoms with Crippen LogP contribution in [0.1, 0.15) is 24.0 Å². The number of aliphatic carboxylic acids is 1. The molecule has 33 heavy (non-hydrogen) atoms. The van der Waals surface area contributed by atoms with Crippen molar-refractivity contribution in [3.05, 3.63) is 71.5 Å². The van der Waals surface area contributed by atoms with Gasteiger partial charge in [-0.25, -0.2) is 12.8 Å². The van der Waals surface area contributed by atoms with E-state index in [1.807, 2.05) is 5.32 Å². The van der Waals surface area contributed by atoms with Crippen LogP contribution in [0.4, 0.5) is 17.6 Å². The summed E-state index contributed by atoms with van der Waals surface area (Å²) in [5.74, 6) is 0.152. The minimum Gasteiger partial charge on any atom is -0.480 e. The molecule has 0 radical (unpaired) electrons. The second-order valence-electron chi connectivity index (χ2n) is 7.87. The zero-order valence-corrected chi connectivity index (χ0v) is 18.1. The van der Waals surface area contributed by atoms with Crippen LogP contribution in [0.5, 0.6) is 0 Å². The molecule has 10 heteroatoms. The number of alkyl halides is 3. The van der Waals surface area contributed by atoms with Gasteiger partial charge in [-0.05, 0) is 36.1 Å². The highest BCUT2D eigenvalue weighted by atomic mass is 32.2. The van der Waals surface area contributed by atoms with E-state index >= 15 is 0 Å². The van der Waals surface area contributed by atoms with Gasteiger partial charge < -0.3 is 5.11 Å². The molecule has 0 heterocycles. The molecule has 0 aromatic heterocycles. The van der Waals surface area contributed by atoms with Crippen LogP contribution >= 0.6 is 0 Å². The van der Waals surface area contributed by atoms with Crippen molar-refractivity contribution in [1.29, 1.82) is 0 Å². The van der Waals surface area contributed by atoms with Crippen molar-refractivity contribution in [2.75, 3.05) is 5.75 Å². The van der Waals surface area contributed by atoms with Crippen LogP contribution in [0.2, 0.25) is 0 Å². The Balaban J connectivity index is 2.00. The monoisotopic (exact) mass is 483 g/mol. The Bertz CT molecular complexity index is 1150. The summed E-state index contributed by atoms with van der Waals surface area (Å²) < 4.78 is 82.0. The Hall–Kier alpha value is -2.90. The fourth-order valence-corrected chi connectivity index (χ4v) is 4.77. The van der Waals surface area contributed by atoms with Gasteiger partial charge in [-0.1, -0.05) is 54.3 Å². The molecule has 0 aliphatic heterocycles. The first-order valence-electron chi connectivity index (χ1n) is 10.0. The lowest BCUT2D eigenvalue weighted by atomic mass is 9.88. The number of hydrogen-bond acceptors (Lipinski definition) is 4. The maximum Gasteiger partial charge on any atom is 0.422 e. The van der Waals surface area contributed by atoms with Crippen LogP contribution in [0, 0.1) is 23.6 Å². The van der Waals surface area contributed by atoms with E-state index in [0.717, 1.165) is 24.3 Å². The summed E-state index contributed by atoms with van der Waals surface area (Å²) in [6.45, 7) is 0. The predicted octanol–water partition coefficient (Wildman–Crippen LogP) is 3.65. The molecule has 1 saturated carbocycles. The second kappa shape index (κ2) is 9.53. The van der Waals surface area contributed by atoms with Gasteiger partial charge in [-0.2, -0.15) is 13.2 Å². The molecule has 2 aromatic rings. The molecule has 0 spiro atoms. The van der Waals surface area contributed by atoms with E-state index < -0.39 is 56.5 Å². The summed E-state index contributed by atoms with van der Waals surface area (Å²) in [5.41, 5.74) is -3.36. The minimum atomic E-state index is -5.14. The molecule has 0 saturated heterocycles. The number of nitrogens with one attached hydrogen (secondary N) is 1. The van der Waals surface area contributed by atoms with Crippen LogP contribution in [0.3, 0.4) is 0 Å². The number of halogens is 4. The summed E-state index contributed by atoms with van der Waals surface area (Å²) in [4.78, 5) is 11.9. The third kappa shape index (κ3) is 6.33. The second-order valence-corrected chi connectivity index (χ2v) is 9.98. The summed E-state index contributed by atoms with van der Waals surface area (Å²) >= 11 is 0. The lowest BCUT2D eigenvalue weighted by Gasteiger charge is -2.35. The lowest BCUT2D eigenvalue weighted by molar-refractivity contribution is -0.185. The average Bonchev–Trinajstić information content (AvgIpc) is 3.55. The Morgan fingerprint density at radius 3 is 2.21 bits per heavy atom. The fourth-order valence-electron chi connectivity index (χ4n) is 3.22. The van der Waals surface area contributed by atoms with Crippen LogP contribution in [-0.2, 0) is 25.9 Å². The lowest BCUT2D eigenvalue weighted by Crippen LogP contribution is -2.60. The molecular formula is C23H21F4NO4S. The molecule has 2 aromatic carbocycles. The average molecular weight is 483 g/mol. The van der Waals surface area contributed by atoms with Crippen LogP contribution in [-0.4, -0.2) is 37.5 Å². The molecule has 1 aliphatic carbocycles. The van der Waals surface area contributed by atoms with Crippen LogP contribution in [0.25, 0.3) is 0 Å². The van der Waals surface area contributed by atoms with Gasteiger partial charge in [0, 0.05) is 5.92 Å². The number of benzene rings is 2. The van der Waals surface area contributed by atoms with Crippen LogP contribution in [0.15, 0.2) is 54.6 Å². The molecule has 176 valence electrons. The van der Waals surface area contributed by atoms with Gasteiger partial charge in [0.05, 0.1) is 11.5 Å². The maximum absolute atomic E-state index is 14.4. The first-order valence-corrected chi connectivity index (χ1v) is 11.8. The van der Waals surface area contributed by atoms with Crippen molar-refractivity contribution >= 4 is 15.8 Å². The number of hydrogen-bond donors (Lipinski definition) is 2. The highest BCUT2D eigenvalue weighted by Gasteiger charge is 2.57. The Kier molecular flexibility index (Phi) is 7.14. The molecule has 0 amide bonds. The topological polar surface area (TPSA) is 83.5 Å². The molecule has 2 N–H and O–H groups in total. The predicted molar refractivity (Wildman–Crippen MR) is 113 cm³/mol. The number of carbonyl (C=O) groups is 1. The van der Waals surface area contributed by atoms with E-state index in [2.05, 4.69) is 11.8 Å². The quantitative estimate of drug-likeness (QED) is 0.443. The van der Waals surface area contributed by atoms with Gasteiger partial charge in [-0.15, -0.1) is 0 Å². The van der Waals surface area contributed by atoms with Crippen molar-refractivity contribution in [3.8, 4) is 11.8 Å². The van der Waals surface area contributed by atoms with Gasteiger partial charge >= 0.3 is 12.1 Å². The molecule has 0 unspecified atom stereocenters. The van der Waals surface area contributed by atoms with Crippen molar-refractivity contribution in [2.45, 2.75) is 36.4 Å². The van der Waals surface area contributed by atoms with Gasteiger partial charge in [0.1, 0.15) is 11.9 Å².